The Morgan fingerprint density at radius 3 is 2.58 bits per heavy atom. The Morgan fingerprint density at radius 2 is 2.05 bits per heavy atom. The van der Waals surface area contributed by atoms with Gasteiger partial charge in [0.15, 0.2) is 0 Å². The first-order chi connectivity index (χ1) is 8.79. The van der Waals surface area contributed by atoms with Gasteiger partial charge in [-0.1, -0.05) is 0 Å². The molecule has 0 aliphatic carbocycles. The highest BCUT2D eigenvalue weighted by Gasteiger charge is 2.21. The number of hydrogen-bond acceptors (Lipinski definition) is 4. The van der Waals surface area contributed by atoms with Crippen molar-refractivity contribution in [3.8, 4) is 0 Å². The van der Waals surface area contributed by atoms with Crippen LogP contribution in [-0.4, -0.2) is 24.5 Å². The van der Waals surface area contributed by atoms with Gasteiger partial charge in [0.1, 0.15) is 9.90 Å². The van der Waals surface area contributed by atoms with Crippen molar-refractivity contribution >= 4 is 33.0 Å². The number of hydrogen-bond donors (Lipinski definition) is 3. The van der Waals surface area contributed by atoms with Crippen LogP contribution in [0.1, 0.15) is 21.1 Å². The molecule has 2 heterocycles. The Bertz CT molecular complexity index is 728. The van der Waals surface area contributed by atoms with E-state index in [1.165, 1.54) is 12.1 Å². The summed E-state index contributed by atoms with van der Waals surface area (Å²) >= 11 is 1.13. The monoisotopic (exact) mass is 300 g/mol. The average molecular weight is 300 g/mol. The van der Waals surface area contributed by atoms with Gasteiger partial charge in [-0.2, -0.15) is 0 Å². The molecule has 0 saturated heterocycles. The molecular weight excluding hydrogens is 288 g/mol. The largest absolute Gasteiger partial charge is 0.477 e. The van der Waals surface area contributed by atoms with Gasteiger partial charge < -0.3 is 10.1 Å². The minimum absolute atomic E-state index is 0.0380. The van der Waals surface area contributed by atoms with Crippen LogP contribution >= 0.6 is 11.3 Å². The molecule has 0 radical (unpaired) electrons. The molecule has 0 unspecified atom stereocenters. The first kappa shape index (κ1) is 13.6. The van der Waals surface area contributed by atoms with Crippen molar-refractivity contribution in [2.75, 3.05) is 4.72 Å². The van der Waals surface area contributed by atoms with Gasteiger partial charge in [-0.25, -0.2) is 13.2 Å². The second kappa shape index (κ2) is 4.71. The van der Waals surface area contributed by atoms with Crippen molar-refractivity contribution in [3.63, 3.8) is 0 Å². The van der Waals surface area contributed by atoms with Crippen LogP contribution in [0.3, 0.4) is 0 Å². The van der Waals surface area contributed by atoms with E-state index < -0.39 is 16.0 Å². The van der Waals surface area contributed by atoms with Crippen LogP contribution in [0, 0.1) is 13.8 Å². The summed E-state index contributed by atoms with van der Waals surface area (Å²) in [4.78, 5) is 14.5. The second-order valence-corrected chi connectivity index (χ2v) is 7.21. The summed E-state index contributed by atoms with van der Waals surface area (Å²) in [5.74, 6) is -1.21. The lowest BCUT2D eigenvalue weighted by Crippen LogP contribution is -2.13. The van der Waals surface area contributed by atoms with Crippen LogP contribution in [0.5, 0.6) is 0 Å². The van der Waals surface area contributed by atoms with E-state index in [1.807, 2.05) is 0 Å². The number of aryl methyl sites for hydroxylation is 2. The summed E-state index contributed by atoms with van der Waals surface area (Å²) in [7, 11) is -3.75. The van der Waals surface area contributed by atoms with Crippen LogP contribution in [0.2, 0.25) is 0 Å². The molecule has 0 atom stereocenters. The zero-order chi connectivity index (χ0) is 14.2. The maximum atomic E-state index is 12.1. The number of anilines is 1. The highest BCUT2D eigenvalue weighted by molar-refractivity contribution is 7.94. The van der Waals surface area contributed by atoms with Crippen LogP contribution < -0.4 is 4.72 Å². The molecule has 0 bridgehead atoms. The van der Waals surface area contributed by atoms with Gasteiger partial charge in [-0.3, -0.25) is 4.72 Å². The van der Waals surface area contributed by atoms with E-state index in [-0.39, 0.29) is 15.6 Å². The Labute approximate surface area is 114 Å². The third kappa shape index (κ3) is 2.79. The molecule has 0 fully saturated rings. The minimum atomic E-state index is -3.75. The average Bonchev–Trinajstić information content (AvgIpc) is 2.85. The number of H-pyrrole nitrogens is 1. The fourth-order valence-corrected chi connectivity index (χ4v) is 3.94. The van der Waals surface area contributed by atoms with Crippen molar-refractivity contribution in [2.24, 2.45) is 0 Å². The van der Waals surface area contributed by atoms with Gasteiger partial charge in [0.25, 0.3) is 10.0 Å². The lowest BCUT2D eigenvalue weighted by Gasteiger charge is -2.05. The molecule has 0 aliphatic heterocycles. The topological polar surface area (TPSA) is 99.3 Å². The smallest absolute Gasteiger partial charge is 0.354 e. The summed E-state index contributed by atoms with van der Waals surface area (Å²) in [5.41, 5.74) is 0.433. The van der Waals surface area contributed by atoms with E-state index in [9.17, 15) is 13.2 Å². The highest BCUT2D eigenvalue weighted by atomic mass is 32.2. The molecule has 19 heavy (non-hydrogen) atoms. The summed E-state index contributed by atoms with van der Waals surface area (Å²) in [6.07, 6.45) is 0. The summed E-state index contributed by atoms with van der Waals surface area (Å²) in [6.45, 7) is 3.45. The van der Waals surface area contributed by atoms with E-state index in [1.54, 1.807) is 19.9 Å². The van der Waals surface area contributed by atoms with Crippen molar-refractivity contribution in [1.29, 1.82) is 0 Å². The summed E-state index contributed by atoms with van der Waals surface area (Å²) in [5, 5.41) is 8.99. The van der Waals surface area contributed by atoms with Crippen molar-refractivity contribution in [3.05, 3.63) is 34.5 Å². The number of rotatable bonds is 4. The number of nitrogens with one attached hydrogen (secondary N) is 2. The molecule has 0 spiro atoms. The number of thiophene rings is 1. The molecule has 2 aromatic heterocycles. The quantitative estimate of drug-likeness (QED) is 0.806. The van der Waals surface area contributed by atoms with Crippen molar-refractivity contribution < 1.29 is 18.3 Å². The minimum Gasteiger partial charge on any atom is -0.477 e. The van der Waals surface area contributed by atoms with Gasteiger partial charge in [0.2, 0.25) is 0 Å². The number of carbonyl (C=O) groups is 1. The third-order valence-electron chi connectivity index (χ3n) is 2.39. The summed E-state index contributed by atoms with van der Waals surface area (Å²) in [6, 6.07) is 4.63. The molecule has 2 rings (SSSR count). The first-order valence-corrected chi connectivity index (χ1v) is 7.62. The maximum Gasteiger partial charge on any atom is 0.354 e. The third-order valence-corrected chi connectivity index (χ3v) is 5.25. The number of aromatic nitrogens is 1. The Morgan fingerprint density at radius 1 is 1.37 bits per heavy atom. The number of aromatic carboxylic acids is 1. The van der Waals surface area contributed by atoms with Gasteiger partial charge in [0.05, 0.1) is 5.69 Å². The van der Waals surface area contributed by atoms with E-state index in [0.717, 1.165) is 16.2 Å². The molecule has 3 N–H and O–H groups in total. The molecule has 2 aromatic rings. The standard InChI is InChI=1S/C11H12N2O4S2/c1-6-5-8(10(12-6)11(14)15)13-19(16,17)9-4-3-7(2)18-9/h3-5,12-13H,1-2H3,(H,14,15). The second-order valence-electron chi connectivity index (χ2n) is 4.02. The van der Waals surface area contributed by atoms with Crippen LogP contribution in [0.25, 0.3) is 0 Å². The normalized spacial score (nSPS) is 11.5. The maximum absolute atomic E-state index is 12.1. The van der Waals surface area contributed by atoms with Crippen LogP contribution in [-0.2, 0) is 10.0 Å². The molecule has 102 valence electrons. The van der Waals surface area contributed by atoms with Crippen LogP contribution in [0.15, 0.2) is 22.4 Å². The predicted octanol–water partition coefficient (Wildman–Crippen LogP) is 2.19. The van der Waals surface area contributed by atoms with Gasteiger partial charge in [0, 0.05) is 10.6 Å². The fourth-order valence-electron chi connectivity index (χ4n) is 1.59. The lowest BCUT2D eigenvalue weighted by atomic mass is 10.4. The van der Waals surface area contributed by atoms with Gasteiger partial charge in [-0.05, 0) is 32.0 Å². The molecule has 0 aromatic carbocycles. The molecule has 0 aliphatic rings. The number of carboxylic acids is 1. The predicted molar refractivity (Wildman–Crippen MR) is 72.4 cm³/mol. The van der Waals surface area contributed by atoms with Crippen molar-refractivity contribution in [1.82, 2.24) is 4.98 Å². The van der Waals surface area contributed by atoms with E-state index in [4.69, 9.17) is 5.11 Å². The molecule has 0 saturated carbocycles. The number of aromatic amines is 1. The Balaban J connectivity index is 2.38. The first-order valence-electron chi connectivity index (χ1n) is 5.32. The number of carboxylic acid groups (broad SMARTS) is 1. The fraction of sp³-hybridized carbons (Fsp3) is 0.182. The Hall–Kier alpha value is -1.80. The SMILES string of the molecule is Cc1cc(NS(=O)(=O)c2ccc(C)s2)c(C(=O)O)[nH]1. The van der Waals surface area contributed by atoms with Gasteiger partial charge in [-0.15, -0.1) is 11.3 Å². The lowest BCUT2D eigenvalue weighted by molar-refractivity contribution is 0.0692. The highest BCUT2D eigenvalue weighted by Crippen LogP contribution is 2.25. The molecule has 6 nitrogen and oxygen atoms in total. The van der Waals surface area contributed by atoms with E-state index >= 15 is 0 Å². The molecule has 0 amide bonds. The van der Waals surface area contributed by atoms with Crippen molar-refractivity contribution in [2.45, 2.75) is 18.1 Å². The zero-order valence-corrected chi connectivity index (χ0v) is 11.9. The molecule has 8 heteroatoms. The van der Waals surface area contributed by atoms with Crippen LogP contribution in [0.4, 0.5) is 5.69 Å². The zero-order valence-electron chi connectivity index (χ0n) is 10.2. The Kier molecular flexibility index (Phi) is 3.38. The van der Waals surface area contributed by atoms with E-state index in [0.29, 0.717) is 5.69 Å². The van der Waals surface area contributed by atoms with E-state index in [2.05, 4.69) is 9.71 Å². The number of sulfonamides is 1. The summed E-state index contributed by atoms with van der Waals surface area (Å²) < 4.78 is 26.6. The van der Waals surface area contributed by atoms with Gasteiger partial charge >= 0.3 is 5.97 Å². The molecular formula is C11H12N2O4S2.